The molecule has 12 heteroatoms. The summed E-state index contributed by atoms with van der Waals surface area (Å²) in [7, 11) is 0. The lowest BCUT2D eigenvalue weighted by atomic mass is 10.00. The van der Waals surface area contributed by atoms with Gasteiger partial charge in [0.05, 0.1) is 23.7 Å². The van der Waals surface area contributed by atoms with E-state index >= 15 is 0 Å². The van der Waals surface area contributed by atoms with Crippen LogP contribution in [0.15, 0.2) is 102 Å². The fourth-order valence-electron chi connectivity index (χ4n) is 5.18. The van der Waals surface area contributed by atoms with E-state index in [1.165, 1.54) is 41.0 Å². The number of H-pyrrole nitrogens is 1. The summed E-state index contributed by atoms with van der Waals surface area (Å²) in [5, 5.41) is 3.34. The van der Waals surface area contributed by atoms with Gasteiger partial charge in [-0.3, -0.25) is 19.2 Å². The number of hydrogen-bond acceptors (Lipinski definition) is 5. The van der Waals surface area contributed by atoms with Crippen molar-refractivity contribution >= 4 is 28.5 Å². The summed E-state index contributed by atoms with van der Waals surface area (Å²) < 4.78 is 48.9. The Morgan fingerprint density at radius 3 is 2.52 bits per heavy atom. The summed E-state index contributed by atoms with van der Waals surface area (Å²) in [6, 6.07) is 17.8. The molecule has 2 amide bonds. The minimum Gasteiger partial charge on any atom is -0.487 e. The van der Waals surface area contributed by atoms with E-state index in [1.54, 1.807) is 24.4 Å². The highest BCUT2D eigenvalue weighted by Gasteiger charge is 2.23. The van der Waals surface area contributed by atoms with Gasteiger partial charge < -0.3 is 25.3 Å². The van der Waals surface area contributed by atoms with Crippen molar-refractivity contribution in [2.75, 3.05) is 0 Å². The molecule has 3 aromatic carbocycles. The molecule has 0 saturated heterocycles. The molecule has 9 nitrogen and oxygen atoms in total. The predicted molar refractivity (Wildman–Crippen MR) is 173 cm³/mol. The number of aromatic amines is 1. The smallest absolute Gasteiger partial charge is 0.254 e. The fraction of sp³-hybridized carbons (Fsp3) is 0.167. The number of carbonyl (C=O) groups is 3. The molecular weight excluding hydrogens is 625 g/mol. The predicted octanol–water partition coefficient (Wildman–Crippen LogP) is 5.11. The maximum absolute atomic E-state index is 14.2. The van der Waals surface area contributed by atoms with Crippen LogP contribution in [-0.2, 0) is 29.2 Å². The fourth-order valence-corrected chi connectivity index (χ4v) is 5.18. The van der Waals surface area contributed by atoms with Crippen LogP contribution in [0.25, 0.3) is 10.9 Å². The molecule has 5 rings (SSSR count). The number of allylic oxidation sites excluding steroid dienone is 1. The minimum atomic E-state index is -1.08. The molecular formula is C36H31F3N4O5. The molecule has 0 fully saturated rings. The molecule has 0 radical (unpaired) electrons. The number of fused-ring (bicyclic) bond motifs is 1. The average molecular weight is 657 g/mol. The maximum Gasteiger partial charge on any atom is 0.254 e. The number of para-hydroxylation sites is 1. The monoisotopic (exact) mass is 656 g/mol. The topological polar surface area (TPSA) is 136 Å². The number of carbonyl (C=O) groups excluding carboxylic acids is 3. The normalized spacial score (nSPS) is 11.9. The van der Waals surface area contributed by atoms with E-state index in [2.05, 4.69) is 10.3 Å². The molecule has 0 aliphatic carbocycles. The lowest BCUT2D eigenvalue weighted by molar-refractivity contribution is -0.120. The zero-order valence-electron chi connectivity index (χ0n) is 25.6. The third-order valence-corrected chi connectivity index (χ3v) is 7.59. The Bertz CT molecular complexity index is 2070. The van der Waals surface area contributed by atoms with Gasteiger partial charge in [-0.05, 0) is 61.4 Å². The second-order valence-electron chi connectivity index (χ2n) is 11.0. The number of halogens is 3. The van der Waals surface area contributed by atoms with Crippen LogP contribution in [-0.4, -0.2) is 33.2 Å². The number of rotatable bonds is 14. The van der Waals surface area contributed by atoms with Crippen LogP contribution in [0.2, 0.25) is 0 Å². The van der Waals surface area contributed by atoms with Crippen LogP contribution in [0.5, 0.6) is 5.75 Å². The van der Waals surface area contributed by atoms with Crippen LogP contribution < -0.4 is 21.3 Å². The van der Waals surface area contributed by atoms with E-state index in [4.69, 9.17) is 10.5 Å². The highest BCUT2D eigenvalue weighted by Crippen LogP contribution is 2.27. The molecule has 2 heterocycles. The number of Topliss-reactive ketones (excluding diaryl/α,β-unsaturated/α-hetero) is 1. The zero-order valence-corrected chi connectivity index (χ0v) is 25.6. The third-order valence-electron chi connectivity index (χ3n) is 7.59. The van der Waals surface area contributed by atoms with Gasteiger partial charge in [0.25, 0.3) is 11.5 Å². The Morgan fingerprint density at radius 1 is 0.938 bits per heavy atom. The van der Waals surface area contributed by atoms with E-state index < -0.39 is 46.7 Å². The summed E-state index contributed by atoms with van der Waals surface area (Å²) in [5.41, 5.74) is 6.10. The zero-order chi connectivity index (χ0) is 34.2. The molecule has 0 aliphatic heterocycles. The first-order valence-corrected chi connectivity index (χ1v) is 15.0. The lowest BCUT2D eigenvalue weighted by Crippen LogP contribution is -2.42. The van der Waals surface area contributed by atoms with Crippen molar-refractivity contribution in [3.63, 3.8) is 0 Å². The van der Waals surface area contributed by atoms with Gasteiger partial charge >= 0.3 is 0 Å². The molecule has 48 heavy (non-hydrogen) atoms. The number of pyridine rings is 1. The van der Waals surface area contributed by atoms with Gasteiger partial charge in [0.1, 0.15) is 29.8 Å². The molecule has 0 aliphatic rings. The number of primary amides is 1. The first-order chi connectivity index (χ1) is 23.1. The highest BCUT2D eigenvalue weighted by atomic mass is 19.1. The van der Waals surface area contributed by atoms with Gasteiger partial charge in [-0.15, -0.1) is 0 Å². The van der Waals surface area contributed by atoms with E-state index in [1.807, 2.05) is 12.1 Å². The first kappa shape index (κ1) is 33.5. The number of nitrogens with one attached hydrogen (secondary N) is 2. The van der Waals surface area contributed by atoms with Crippen LogP contribution in [0, 0.1) is 17.5 Å². The molecule has 0 saturated carbocycles. The number of nitrogens with zero attached hydrogens (tertiary/aromatic N) is 1. The SMILES string of the molecule is NC(=O)/C=C/CC[C@H](NC(=O)c1ccccc1F)C(=O)Cc1cccn(Cc2cc3cccc(OCc4ccc(F)cc4F)c3[nH]2)c1=O. The largest absolute Gasteiger partial charge is 0.487 e. The van der Waals surface area contributed by atoms with Gasteiger partial charge in [0.2, 0.25) is 5.91 Å². The van der Waals surface area contributed by atoms with E-state index in [9.17, 15) is 32.3 Å². The second-order valence-corrected chi connectivity index (χ2v) is 11.0. The molecule has 0 unspecified atom stereocenters. The summed E-state index contributed by atoms with van der Waals surface area (Å²) in [6.45, 7) is -0.00872. The molecule has 0 bridgehead atoms. The van der Waals surface area contributed by atoms with Crippen LogP contribution in [0.4, 0.5) is 13.2 Å². The number of nitrogens with two attached hydrogens (primary N) is 1. The van der Waals surface area contributed by atoms with Crippen LogP contribution in [0.3, 0.4) is 0 Å². The molecule has 246 valence electrons. The molecule has 4 N–H and O–H groups in total. The van der Waals surface area contributed by atoms with Gasteiger partial charge in [0, 0.05) is 40.9 Å². The van der Waals surface area contributed by atoms with Crippen LogP contribution in [0.1, 0.15) is 40.0 Å². The second kappa shape index (κ2) is 15.1. The van der Waals surface area contributed by atoms with Gasteiger partial charge in [-0.25, -0.2) is 13.2 Å². The Balaban J connectivity index is 1.31. The lowest BCUT2D eigenvalue weighted by Gasteiger charge is -2.18. The van der Waals surface area contributed by atoms with Crippen LogP contribution >= 0.6 is 0 Å². The van der Waals surface area contributed by atoms with Crippen molar-refractivity contribution in [3.8, 4) is 5.75 Å². The average Bonchev–Trinajstić information content (AvgIpc) is 3.47. The summed E-state index contributed by atoms with van der Waals surface area (Å²) in [6.07, 6.45) is 4.15. The third kappa shape index (κ3) is 8.27. The molecule has 0 spiro atoms. The maximum atomic E-state index is 14.2. The number of amides is 2. The number of aromatic nitrogens is 2. The van der Waals surface area contributed by atoms with Gasteiger partial charge in [0.15, 0.2) is 5.78 Å². The molecule has 5 aromatic rings. The summed E-state index contributed by atoms with van der Waals surface area (Å²) in [4.78, 5) is 54.0. The molecule has 1 atom stereocenters. The Labute approximate surface area is 272 Å². The van der Waals surface area contributed by atoms with Gasteiger partial charge in [-0.2, -0.15) is 0 Å². The number of benzene rings is 3. The number of hydrogen-bond donors (Lipinski definition) is 3. The van der Waals surface area contributed by atoms with Gasteiger partial charge in [-0.1, -0.05) is 36.4 Å². The van der Waals surface area contributed by atoms with E-state index in [0.29, 0.717) is 17.0 Å². The summed E-state index contributed by atoms with van der Waals surface area (Å²) in [5.74, 6) is -3.66. The van der Waals surface area contributed by atoms with Crippen molar-refractivity contribution < 1.29 is 32.3 Å². The Kier molecular flexibility index (Phi) is 10.5. The highest BCUT2D eigenvalue weighted by molar-refractivity contribution is 5.98. The van der Waals surface area contributed by atoms with Crippen molar-refractivity contribution in [1.82, 2.24) is 14.9 Å². The minimum absolute atomic E-state index is 0.0805. The Hall–Kier alpha value is -5.91. The molecule has 2 aromatic heterocycles. The van der Waals surface area contributed by atoms with Crippen molar-refractivity contribution in [2.45, 2.75) is 38.5 Å². The first-order valence-electron chi connectivity index (χ1n) is 15.0. The summed E-state index contributed by atoms with van der Waals surface area (Å²) >= 11 is 0. The Morgan fingerprint density at radius 2 is 1.75 bits per heavy atom. The van der Waals surface area contributed by atoms with Crippen molar-refractivity contribution in [1.29, 1.82) is 0 Å². The van der Waals surface area contributed by atoms with E-state index in [0.717, 1.165) is 29.7 Å². The standard InChI is InChI=1S/C36H31F3N4O5/c37-25-15-14-24(29(39)19-25)21-48-32-12-5-7-22-17-26(41-34(22)32)20-43-16-6-8-23(36(43)47)18-31(44)30(11-3-4-13-33(40)45)42-35(46)27-9-1-2-10-28(27)38/h1-2,4-10,12-17,19,30,41H,3,11,18,20-21H2,(H2,40,45)(H,42,46)/b13-4+/t30-/m0/s1. The van der Waals surface area contributed by atoms with Crippen molar-refractivity contribution in [2.24, 2.45) is 5.73 Å². The number of ketones is 1. The number of ether oxygens (including phenoxy) is 1. The van der Waals surface area contributed by atoms with E-state index in [-0.39, 0.29) is 49.1 Å². The van der Waals surface area contributed by atoms with Crippen molar-refractivity contribution in [3.05, 3.63) is 147 Å². The quantitative estimate of drug-likeness (QED) is 0.143.